The van der Waals surface area contributed by atoms with Gasteiger partial charge in [-0.15, -0.1) is 0 Å². The van der Waals surface area contributed by atoms with Crippen LogP contribution >= 0.6 is 11.8 Å². The molecule has 0 aliphatic carbocycles. The van der Waals surface area contributed by atoms with Gasteiger partial charge in [0.15, 0.2) is 0 Å². The summed E-state index contributed by atoms with van der Waals surface area (Å²) in [5, 5.41) is 3.27. The van der Waals surface area contributed by atoms with Crippen molar-refractivity contribution >= 4 is 17.7 Å². The summed E-state index contributed by atoms with van der Waals surface area (Å²) in [6.45, 7) is 2.67. The number of ether oxygens (including phenoxy) is 2. The standard InChI is InChI=1S/C10H21NO3S/c1-13-7-6-11-5-3-8-15-9-4-10(12)14-2/h11H,3-9H2,1-2H3. The van der Waals surface area contributed by atoms with Crippen molar-refractivity contribution in [1.29, 1.82) is 0 Å². The van der Waals surface area contributed by atoms with E-state index in [-0.39, 0.29) is 5.97 Å². The van der Waals surface area contributed by atoms with Gasteiger partial charge in [0.1, 0.15) is 0 Å². The summed E-state index contributed by atoms with van der Waals surface area (Å²) >= 11 is 1.79. The molecule has 5 heteroatoms. The van der Waals surface area contributed by atoms with Gasteiger partial charge in [0.05, 0.1) is 20.1 Å². The van der Waals surface area contributed by atoms with Crippen LogP contribution in [0.5, 0.6) is 0 Å². The molecule has 0 fully saturated rings. The first kappa shape index (κ1) is 14.7. The summed E-state index contributed by atoms with van der Waals surface area (Å²) < 4.78 is 9.45. The molecule has 0 atom stereocenters. The molecule has 15 heavy (non-hydrogen) atoms. The van der Waals surface area contributed by atoms with Gasteiger partial charge in [-0.05, 0) is 18.7 Å². The molecule has 0 radical (unpaired) electrons. The normalized spacial score (nSPS) is 10.3. The van der Waals surface area contributed by atoms with E-state index < -0.39 is 0 Å². The fourth-order valence-electron chi connectivity index (χ4n) is 0.958. The molecule has 0 bridgehead atoms. The second kappa shape index (κ2) is 11.8. The Hall–Kier alpha value is -0.260. The molecule has 0 aromatic heterocycles. The third-order valence-electron chi connectivity index (χ3n) is 1.80. The highest BCUT2D eigenvalue weighted by molar-refractivity contribution is 7.99. The molecule has 4 nitrogen and oxygen atoms in total. The number of hydrogen-bond donors (Lipinski definition) is 1. The molecule has 0 saturated heterocycles. The number of nitrogens with one attached hydrogen (secondary N) is 1. The minimum absolute atomic E-state index is 0.124. The molecule has 0 aliphatic heterocycles. The van der Waals surface area contributed by atoms with Crippen molar-refractivity contribution in [2.45, 2.75) is 12.8 Å². The molecule has 90 valence electrons. The van der Waals surface area contributed by atoms with E-state index in [1.807, 2.05) is 0 Å². The maximum atomic E-state index is 10.8. The first-order valence-electron chi connectivity index (χ1n) is 5.15. The highest BCUT2D eigenvalue weighted by Crippen LogP contribution is 2.04. The largest absolute Gasteiger partial charge is 0.469 e. The molecule has 0 aromatic rings. The van der Waals surface area contributed by atoms with E-state index in [0.29, 0.717) is 6.42 Å². The van der Waals surface area contributed by atoms with Crippen LogP contribution in [0.25, 0.3) is 0 Å². The van der Waals surface area contributed by atoms with Crippen LogP contribution in [-0.4, -0.2) is 51.4 Å². The molecule has 0 aromatic carbocycles. The Morgan fingerprint density at radius 2 is 2.07 bits per heavy atom. The van der Waals surface area contributed by atoms with Crippen molar-refractivity contribution in [3.63, 3.8) is 0 Å². The summed E-state index contributed by atoms with van der Waals surface area (Å²) in [6, 6.07) is 0. The van der Waals surface area contributed by atoms with Gasteiger partial charge >= 0.3 is 5.97 Å². The summed E-state index contributed by atoms with van der Waals surface area (Å²) in [4.78, 5) is 10.8. The van der Waals surface area contributed by atoms with Gasteiger partial charge in [-0.2, -0.15) is 11.8 Å². The predicted molar refractivity (Wildman–Crippen MR) is 63.3 cm³/mol. The summed E-state index contributed by atoms with van der Waals surface area (Å²) in [6.07, 6.45) is 1.63. The maximum absolute atomic E-state index is 10.8. The molecular weight excluding hydrogens is 214 g/mol. The van der Waals surface area contributed by atoms with Crippen LogP contribution in [0.4, 0.5) is 0 Å². The lowest BCUT2D eigenvalue weighted by atomic mass is 10.5. The molecule has 0 amide bonds. The molecular formula is C10H21NO3S. The van der Waals surface area contributed by atoms with Crippen LogP contribution in [0.1, 0.15) is 12.8 Å². The number of hydrogen-bond acceptors (Lipinski definition) is 5. The zero-order valence-corrected chi connectivity index (χ0v) is 10.4. The Bertz CT molecular complexity index is 156. The lowest BCUT2D eigenvalue weighted by Gasteiger charge is -2.03. The fraction of sp³-hybridized carbons (Fsp3) is 0.900. The van der Waals surface area contributed by atoms with Gasteiger partial charge in [-0.1, -0.05) is 0 Å². The van der Waals surface area contributed by atoms with Crippen LogP contribution in [0.15, 0.2) is 0 Å². The number of carbonyl (C=O) groups is 1. The van der Waals surface area contributed by atoms with E-state index in [0.717, 1.165) is 37.6 Å². The molecule has 0 spiro atoms. The van der Waals surface area contributed by atoms with Crippen LogP contribution in [0, 0.1) is 0 Å². The average molecular weight is 235 g/mol. The quantitative estimate of drug-likeness (QED) is 0.450. The molecule has 0 saturated carbocycles. The van der Waals surface area contributed by atoms with E-state index in [4.69, 9.17) is 4.74 Å². The monoisotopic (exact) mass is 235 g/mol. The fourth-order valence-corrected chi connectivity index (χ4v) is 1.82. The van der Waals surface area contributed by atoms with Crippen LogP contribution in [0.3, 0.4) is 0 Å². The first-order chi connectivity index (χ1) is 7.31. The van der Waals surface area contributed by atoms with Crippen molar-refractivity contribution in [3.8, 4) is 0 Å². The Labute approximate surface area is 96.1 Å². The van der Waals surface area contributed by atoms with Crippen molar-refractivity contribution in [3.05, 3.63) is 0 Å². The van der Waals surface area contributed by atoms with Crippen molar-refractivity contribution < 1.29 is 14.3 Å². The topological polar surface area (TPSA) is 47.6 Å². The number of methoxy groups -OCH3 is 2. The molecule has 0 aliphatic rings. The molecule has 1 N–H and O–H groups in total. The van der Waals surface area contributed by atoms with E-state index >= 15 is 0 Å². The van der Waals surface area contributed by atoms with Gasteiger partial charge < -0.3 is 14.8 Å². The smallest absolute Gasteiger partial charge is 0.306 e. The Morgan fingerprint density at radius 1 is 1.27 bits per heavy atom. The van der Waals surface area contributed by atoms with Crippen LogP contribution in [-0.2, 0) is 14.3 Å². The summed E-state index contributed by atoms with van der Waals surface area (Å²) in [5.74, 6) is 1.81. The lowest BCUT2D eigenvalue weighted by Crippen LogP contribution is -2.20. The molecule has 0 rings (SSSR count). The number of rotatable bonds is 10. The number of carbonyl (C=O) groups excluding carboxylic acids is 1. The van der Waals surface area contributed by atoms with Crippen molar-refractivity contribution in [2.24, 2.45) is 0 Å². The van der Waals surface area contributed by atoms with E-state index in [2.05, 4.69) is 10.1 Å². The Balaban J connectivity index is 2.95. The zero-order chi connectivity index (χ0) is 11.4. The minimum Gasteiger partial charge on any atom is -0.469 e. The first-order valence-corrected chi connectivity index (χ1v) is 6.31. The van der Waals surface area contributed by atoms with Gasteiger partial charge in [-0.25, -0.2) is 0 Å². The summed E-state index contributed by atoms with van der Waals surface area (Å²) in [5.41, 5.74) is 0. The average Bonchev–Trinajstić information content (AvgIpc) is 2.26. The van der Waals surface area contributed by atoms with Gasteiger partial charge in [0.2, 0.25) is 0 Å². The van der Waals surface area contributed by atoms with Crippen LogP contribution in [0.2, 0.25) is 0 Å². The third-order valence-corrected chi connectivity index (χ3v) is 2.87. The van der Waals surface area contributed by atoms with Gasteiger partial charge in [-0.3, -0.25) is 4.79 Å². The number of esters is 1. The zero-order valence-electron chi connectivity index (χ0n) is 9.58. The lowest BCUT2D eigenvalue weighted by molar-refractivity contribution is -0.140. The highest BCUT2D eigenvalue weighted by Gasteiger charge is 1.98. The molecule has 0 unspecified atom stereocenters. The van der Waals surface area contributed by atoms with Gasteiger partial charge in [0.25, 0.3) is 0 Å². The van der Waals surface area contributed by atoms with E-state index in [1.54, 1.807) is 18.9 Å². The Kier molecular flexibility index (Phi) is 11.6. The second-order valence-corrected chi connectivity index (χ2v) is 4.26. The summed E-state index contributed by atoms with van der Waals surface area (Å²) in [7, 11) is 3.12. The highest BCUT2D eigenvalue weighted by atomic mass is 32.2. The third kappa shape index (κ3) is 11.7. The molecule has 0 heterocycles. The van der Waals surface area contributed by atoms with E-state index in [1.165, 1.54) is 7.11 Å². The van der Waals surface area contributed by atoms with Gasteiger partial charge in [0, 0.05) is 19.4 Å². The van der Waals surface area contributed by atoms with Crippen molar-refractivity contribution in [1.82, 2.24) is 5.32 Å². The number of thioether (sulfide) groups is 1. The maximum Gasteiger partial charge on any atom is 0.306 e. The predicted octanol–water partition coefficient (Wildman–Crippen LogP) is 0.909. The second-order valence-electron chi connectivity index (χ2n) is 3.03. The Morgan fingerprint density at radius 3 is 2.73 bits per heavy atom. The minimum atomic E-state index is -0.124. The van der Waals surface area contributed by atoms with Crippen molar-refractivity contribution in [2.75, 3.05) is 45.4 Å². The SMILES string of the molecule is COCCNCCCSCCC(=O)OC. The van der Waals surface area contributed by atoms with E-state index in [9.17, 15) is 4.79 Å². The van der Waals surface area contributed by atoms with Crippen LogP contribution < -0.4 is 5.32 Å².